The number of hydrogen-bond acceptors (Lipinski definition) is 4. The van der Waals surface area contributed by atoms with Crippen LogP contribution in [0.1, 0.15) is 11.6 Å². The number of ether oxygens (including phenoxy) is 2. The molecule has 1 N–H and O–H groups in total. The molecule has 5 nitrogen and oxygen atoms in total. The summed E-state index contributed by atoms with van der Waals surface area (Å²) in [4.78, 5) is 15.0. The maximum Gasteiger partial charge on any atom is 0.261 e. The van der Waals surface area contributed by atoms with E-state index in [1.165, 1.54) is 5.56 Å². The summed E-state index contributed by atoms with van der Waals surface area (Å²) < 4.78 is 11.1. The van der Waals surface area contributed by atoms with Crippen molar-refractivity contribution in [1.29, 1.82) is 0 Å². The molecule has 0 aliphatic carbocycles. The molecule has 2 aliphatic heterocycles. The Morgan fingerprint density at radius 2 is 1.81 bits per heavy atom. The van der Waals surface area contributed by atoms with Crippen LogP contribution in [0, 0.1) is 11.8 Å². The van der Waals surface area contributed by atoms with Crippen LogP contribution in [0.4, 0.5) is 0 Å². The SMILES string of the molecule is COc1ccccc1OCC(=O)N1C[C@@H]2CNC[C@@H]2[C@H]1c1ccccc1. The second kappa shape index (κ2) is 7.38. The molecule has 136 valence electrons. The molecular formula is C21H24N2O3. The Balaban J connectivity index is 1.51. The highest BCUT2D eigenvalue weighted by molar-refractivity contribution is 5.79. The van der Waals surface area contributed by atoms with E-state index >= 15 is 0 Å². The van der Waals surface area contributed by atoms with Crippen LogP contribution in [-0.4, -0.2) is 44.2 Å². The summed E-state index contributed by atoms with van der Waals surface area (Å²) in [5.74, 6) is 2.24. The molecule has 0 aromatic heterocycles. The number of likely N-dealkylation sites (tertiary alicyclic amines) is 1. The molecule has 0 radical (unpaired) electrons. The van der Waals surface area contributed by atoms with Gasteiger partial charge >= 0.3 is 0 Å². The molecule has 2 aromatic rings. The molecule has 0 unspecified atom stereocenters. The Hall–Kier alpha value is -2.53. The fraction of sp³-hybridized carbons (Fsp3) is 0.381. The number of nitrogens with one attached hydrogen (secondary N) is 1. The van der Waals surface area contributed by atoms with Crippen molar-refractivity contribution in [2.45, 2.75) is 6.04 Å². The highest BCUT2D eigenvalue weighted by Gasteiger charge is 2.46. The van der Waals surface area contributed by atoms with Crippen molar-refractivity contribution < 1.29 is 14.3 Å². The van der Waals surface area contributed by atoms with Crippen LogP contribution in [-0.2, 0) is 4.79 Å². The van der Waals surface area contributed by atoms with Crippen molar-refractivity contribution in [1.82, 2.24) is 10.2 Å². The van der Waals surface area contributed by atoms with Crippen LogP contribution in [0.2, 0.25) is 0 Å². The Morgan fingerprint density at radius 3 is 2.58 bits per heavy atom. The minimum atomic E-state index is 0.0244. The minimum Gasteiger partial charge on any atom is -0.493 e. The standard InChI is InChI=1S/C21H24N2O3/c1-25-18-9-5-6-10-19(18)26-14-20(24)23-13-16-11-22-12-17(16)21(23)15-7-3-2-4-8-15/h2-10,16-17,21-22H,11-14H2,1H3/t16-,17-,21+/m0/s1. The van der Waals surface area contributed by atoms with E-state index in [1.54, 1.807) is 7.11 Å². The molecule has 26 heavy (non-hydrogen) atoms. The summed E-state index contributed by atoms with van der Waals surface area (Å²) in [6.07, 6.45) is 0. The van der Waals surface area contributed by atoms with Crippen molar-refractivity contribution in [3.63, 3.8) is 0 Å². The molecule has 0 bridgehead atoms. The first-order valence-corrected chi connectivity index (χ1v) is 9.09. The monoisotopic (exact) mass is 352 g/mol. The zero-order valence-corrected chi connectivity index (χ0v) is 14.9. The van der Waals surface area contributed by atoms with Crippen molar-refractivity contribution in [2.24, 2.45) is 11.8 Å². The van der Waals surface area contributed by atoms with Gasteiger partial charge in [0.05, 0.1) is 13.2 Å². The number of rotatable bonds is 5. The van der Waals surface area contributed by atoms with Crippen molar-refractivity contribution in [2.75, 3.05) is 33.4 Å². The molecule has 0 saturated carbocycles. The molecule has 2 saturated heterocycles. The molecule has 4 rings (SSSR count). The number of methoxy groups -OCH3 is 1. The number of benzene rings is 2. The van der Waals surface area contributed by atoms with E-state index in [0.29, 0.717) is 23.3 Å². The normalized spacial score (nSPS) is 24.3. The molecule has 1 amide bonds. The number of fused-ring (bicyclic) bond motifs is 1. The van der Waals surface area contributed by atoms with Gasteiger partial charge in [0, 0.05) is 25.6 Å². The van der Waals surface area contributed by atoms with E-state index in [9.17, 15) is 4.79 Å². The Morgan fingerprint density at radius 1 is 1.08 bits per heavy atom. The molecule has 2 aliphatic rings. The quantitative estimate of drug-likeness (QED) is 0.898. The van der Waals surface area contributed by atoms with E-state index in [1.807, 2.05) is 47.4 Å². The first kappa shape index (κ1) is 16.9. The van der Waals surface area contributed by atoms with Gasteiger partial charge in [0.1, 0.15) is 0 Å². The van der Waals surface area contributed by atoms with Gasteiger partial charge in [-0.3, -0.25) is 4.79 Å². The molecule has 3 atom stereocenters. The van der Waals surface area contributed by atoms with Gasteiger partial charge in [-0.15, -0.1) is 0 Å². The topological polar surface area (TPSA) is 50.8 Å². The number of carbonyl (C=O) groups excluding carboxylic acids is 1. The van der Waals surface area contributed by atoms with Gasteiger partial charge in [-0.25, -0.2) is 0 Å². The lowest BCUT2D eigenvalue weighted by molar-refractivity contribution is -0.134. The van der Waals surface area contributed by atoms with Gasteiger partial charge in [0.2, 0.25) is 0 Å². The smallest absolute Gasteiger partial charge is 0.261 e. The highest BCUT2D eigenvalue weighted by atomic mass is 16.5. The second-order valence-electron chi connectivity index (χ2n) is 6.92. The summed E-state index contributed by atoms with van der Waals surface area (Å²) in [6.45, 7) is 2.74. The zero-order valence-electron chi connectivity index (χ0n) is 14.9. The van der Waals surface area contributed by atoms with Crippen LogP contribution in [0.5, 0.6) is 11.5 Å². The Bertz CT molecular complexity index is 765. The summed E-state index contributed by atoms with van der Waals surface area (Å²) in [5, 5.41) is 3.47. The second-order valence-corrected chi connectivity index (χ2v) is 6.92. The third kappa shape index (κ3) is 3.15. The van der Waals surface area contributed by atoms with Gasteiger partial charge in [-0.2, -0.15) is 0 Å². The lowest BCUT2D eigenvalue weighted by Gasteiger charge is -2.28. The molecule has 2 fully saturated rings. The number of amides is 1. The highest BCUT2D eigenvalue weighted by Crippen LogP contribution is 2.42. The molecule has 2 aromatic carbocycles. The Labute approximate surface area is 153 Å². The number of hydrogen-bond donors (Lipinski definition) is 1. The first-order chi connectivity index (χ1) is 12.8. The average molecular weight is 352 g/mol. The van der Waals surface area contributed by atoms with Gasteiger partial charge in [0.15, 0.2) is 18.1 Å². The lowest BCUT2D eigenvalue weighted by Crippen LogP contribution is -2.37. The number of carbonyl (C=O) groups is 1. The third-order valence-corrected chi connectivity index (χ3v) is 5.45. The van der Waals surface area contributed by atoms with E-state index < -0.39 is 0 Å². The minimum absolute atomic E-state index is 0.0244. The summed E-state index contributed by atoms with van der Waals surface area (Å²) in [5.41, 5.74) is 1.20. The predicted octanol–water partition coefficient (Wildman–Crippen LogP) is 2.49. The maximum atomic E-state index is 13.0. The molecule has 0 spiro atoms. The maximum absolute atomic E-state index is 13.0. The van der Waals surface area contributed by atoms with Crippen molar-refractivity contribution in [3.8, 4) is 11.5 Å². The van der Waals surface area contributed by atoms with Crippen molar-refractivity contribution >= 4 is 5.91 Å². The third-order valence-electron chi connectivity index (χ3n) is 5.45. The fourth-order valence-electron chi connectivity index (χ4n) is 4.21. The van der Waals surface area contributed by atoms with E-state index in [2.05, 4.69) is 17.4 Å². The van der Waals surface area contributed by atoms with Gasteiger partial charge in [0.25, 0.3) is 5.91 Å². The summed E-state index contributed by atoms with van der Waals surface area (Å²) in [6, 6.07) is 17.9. The van der Waals surface area contributed by atoms with Crippen LogP contribution in [0.15, 0.2) is 54.6 Å². The Kier molecular flexibility index (Phi) is 4.80. The van der Waals surface area contributed by atoms with Crippen LogP contribution in [0.25, 0.3) is 0 Å². The number of nitrogens with zero attached hydrogens (tertiary/aromatic N) is 1. The average Bonchev–Trinajstić information content (AvgIpc) is 3.28. The lowest BCUT2D eigenvalue weighted by atomic mass is 9.89. The van der Waals surface area contributed by atoms with Crippen LogP contribution in [0.3, 0.4) is 0 Å². The predicted molar refractivity (Wildman–Crippen MR) is 99.2 cm³/mol. The molecule has 5 heteroatoms. The molecular weight excluding hydrogens is 328 g/mol. The zero-order chi connectivity index (χ0) is 17.9. The summed E-state index contributed by atoms with van der Waals surface area (Å²) in [7, 11) is 1.60. The summed E-state index contributed by atoms with van der Waals surface area (Å²) >= 11 is 0. The van der Waals surface area contributed by atoms with Gasteiger partial charge in [-0.1, -0.05) is 42.5 Å². The van der Waals surface area contributed by atoms with Gasteiger partial charge < -0.3 is 19.7 Å². The fourth-order valence-corrected chi connectivity index (χ4v) is 4.21. The van der Waals surface area contributed by atoms with E-state index in [-0.39, 0.29) is 18.6 Å². The molecule has 2 heterocycles. The van der Waals surface area contributed by atoms with Crippen molar-refractivity contribution in [3.05, 3.63) is 60.2 Å². The first-order valence-electron chi connectivity index (χ1n) is 9.09. The van der Waals surface area contributed by atoms with E-state index in [4.69, 9.17) is 9.47 Å². The van der Waals surface area contributed by atoms with Crippen LogP contribution < -0.4 is 14.8 Å². The van der Waals surface area contributed by atoms with Crippen LogP contribution >= 0.6 is 0 Å². The number of para-hydroxylation sites is 2. The largest absolute Gasteiger partial charge is 0.493 e. The van der Waals surface area contributed by atoms with E-state index in [0.717, 1.165) is 19.6 Å². The van der Waals surface area contributed by atoms with Gasteiger partial charge in [-0.05, 0) is 23.6 Å².